The van der Waals surface area contributed by atoms with Gasteiger partial charge in [0.05, 0.1) is 21.3 Å². The monoisotopic (exact) mass is 409 g/mol. The summed E-state index contributed by atoms with van der Waals surface area (Å²) in [5.74, 6) is 2.80. The number of rotatable bonds is 7. The van der Waals surface area contributed by atoms with E-state index in [1.54, 1.807) is 38.4 Å². The van der Waals surface area contributed by atoms with Crippen LogP contribution in [0.3, 0.4) is 0 Å². The summed E-state index contributed by atoms with van der Waals surface area (Å²) in [4.78, 5) is 18.9. The largest absolute Gasteiger partial charge is 0.496 e. The number of hydrogen-bond donors (Lipinski definition) is 0. The highest BCUT2D eigenvalue weighted by atomic mass is 16.5. The molecule has 1 aliphatic heterocycles. The Morgan fingerprint density at radius 2 is 1.80 bits per heavy atom. The Labute approximate surface area is 174 Å². The van der Waals surface area contributed by atoms with Crippen LogP contribution in [0, 0.1) is 0 Å². The summed E-state index contributed by atoms with van der Waals surface area (Å²) in [6.45, 7) is 1.02. The smallest absolute Gasteiger partial charge is 0.258 e. The number of hydrogen-bond acceptors (Lipinski definition) is 7. The molecule has 0 aliphatic carbocycles. The molecule has 8 heteroatoms. The number of methoxy groups -OCH3 is 3. The van der Waals surface area contributed by atoms with Crippen molar-refractivity contribution in [3.05, 3.63) is 53.9 Å². The third kappa shape index (κ3) is 3.80. The highest BCUT2D eigenvalue weighted by Gasteiger charge is 2.34. The molecule has 2 heterocycles. The van der Waals surface area contributed by atoms with Crippen molar-refractivity contribution in [3.8, 4) is 28.7 Å². The molecule has 1 atom stereocenters. The van der Waals surface area contributed by atoms with Crippen LogP contribution < -0.4 is 14.2 Å². The van der Waals surface area contributed by atoms with Crippen LogP contribution >= 0.6 is 0 Å². The van der Waals surface area contributed by atoms with E-state index in [4.69, 9.17) is 18.7 Å². The van der Waals surface area contributed by atoms with Gasteiger partial charge in [-0.1, -0.05) is 23.4 Å². The Kier molecular flexibility index (Phi) is 5.56. The number of benzene rings is 2. The van der Waals surface area contributed by atoms with Gasteiger partial charge in [-0.25, -0.2) is 0 Å². The minimum Gasteiger partial charge on any atom is -0.496 e. The number of nitrogens with zero attached hydrogens (tertiary/aromatic N) is 3. The van der Waals surface area contributed by atoms with Gasteiger partial charge >= 0.3 is 0 Å². The van der Waals surface area contributed by atoms with Gasteiger partial charge in [-0.3, -0.25) is 4.79 Å². The summed E-state index contributed by atoms with van der Waals surface area (Å²) >= 11 is 0. The van der Waals surface area contributed by atoms with Crippen LogP contribution in [0.25, 0.3) is 11.5 Å². The standard InChI is InChI=1S/C22H23N3O5/c1-27-17-7-5-4-6-15(17)12-25-13-16(11-20(25)26)21-23-22(30-24-21)14-8-9-18(28-2)19(10-14)29-3/h4-10,16H,11-13H2,1-3H3. The van der Waals surface area contributed by atoms with Crippen molar-refractivity contribution in [2.45, 2.75) is 18.9 Å². The maximum Gasteiger partial charge on any atom is 0.258 e. The molecule has 0 saturated carbocycles. The molecule has 1 saturated heterocycles. The van der Waals surface area contributed by atoms with E-state index in [0.29, 0.717) is 42.7 Å². The van der Waals surface area contributed by atoms with E-state index >= 15 is 0 Å². The molecule has 0 spiro atoms. The first-order valence-electron chi connectivity index (χ1n) is 9.58. The SMILES string of the molecule is COc1ccccc1CN1CC(c2noc(-c3ccc(OC)c(OC)c3)n2)CC1=O. The van der Waals surface area contributed by atoms with Gasteiger partial charge in [-0.15, -0.1) is 0 Å². The number of carbonyl (C=O) groups is 1. The third-order valence-corrected chi connectivity index (χ3v) is 5.21. The van der Waals surface area contributed by atoms with E-state index in [9.17, 15) is 4.79 Å². The van der Waals surface area contributed by atoms with Crippen LogP contribution in [0.15, 0.2) is 47.0 Å². The third-order valence-electron chi connectivity index (χ3n) is 5.21. The zero-order valence-electron chi connectivity index (χ0n) is 17.1. The van der Waals surface area contributed by atoms with E-state index in [2.05, 4.69) is 10.1 Å². The van der Waals surface area contributed by atoms with Gasteiger partial charge in [0.15, 0.2) is 17.3 Å². The van der Waals surface area contributed by atoms with Gasteiger partial charge in [-0.05, 0) is 24.3 Å². The maximum absolute atomic E-state index is 12.6. The highest BCUT2D eigenvalue weighted by Crippen LogP contribution is 2.34. The zero-order valence-corrected chi connectivity index (χ0v) is 17.1. The topological polar surface area (TPSA) is 86.9 Å². The Bertz CT molecular complexity index is 1050. The predicted molar refractivity (Wildman–Crippen MR) is 109 cm³/mol. The average Bonchev–Trinajstić information content (AvgIpc) is 3.41. The Morgan fingerprint density at radius 1 is 1.03 bits per heavy atom. The molecule has 3 aromatic rings. The number of ether oxygens (including phenoxy) is 3. The second kappa shape index (κ2) is 8.44. The van der Waals surface area contributed by atoms with Crippen LogP contribution in [-0.2, 0) is 11.3 Å². The summed E-state index contributed by atoms with van der Waals surface area (Å²) in [5.41, 5.74) is 1.69. The minimum atomic E-state index is -0.121. The van der Waals surface area contributed by atoms with Gasteiger partial charge in [0.2, 0.25) is 5.91 Å². The lowest BCUT2D eigenvalue weighted by Crippen LogP contribution is -2.24. The highest BCUT2D eigenvalue weighted by molar-refractivity contribution is 5.79. The first kappa shape index (κ1) is 19.8. The number of likely N-dealkylation sites (tertiary alicyclic amines) is 1. The van der Waals surface area contributed by atoms with Crippen molar-refractivity contribution >= 4 is 5.91 Å². The molecular formula is C22H23N3O5. The number of amides is 1. The fourth-order valence-corrected chi connectivity index (χ4v) is 3.62. The Morgan fingerprint density at radius 3 is 2.57 bits per heavy atom. The molecule has 0 N–H and O–H groups in total. The van der Waals surface area contributed by atoms with Gasteiger partial charge in [0.25, 0.3) is 5.89 Å². The predicted octanol–water partition coefficient (Wildman–Crippen LogP) is 3.28. The van der Waals surface area contributed by atoms with Crippen LogP contribution in [0.2, 0.25) is 0 Å². The molecule has 30 heavy (non-hydrogen) atoms. The fraction of sp³-hybridized carbons (Fsp3) is 0.318. The molecule has 1 fully saturated rings. The average molecular weight is 409 g/mol. The van der Waals surface area contributed by atoms with E-state index in [-0.39, 0.29) is 11.8 Å². The minimum absolute atomic E-state index is 0.0587. The van der Waals surface area contributed by atoms with Gasteiger partial charge in [0.1, 0.15) is 5.75 Å². The van der Waals surface area contributed by atoms with E-state index in [0.717, 1.165) is 16.9 Å². The molecule has 1 aliphatic rings. The van der Waals surface area contributed by atoms with Crippen molar-refractivity contribution in [1.29, 1.82) is 0 Å². The molecule has 2 aromatic carbocycles. The van der Waals surface area contributed by atoms with Crippen molar-refractivity contribution in [1.82, 2.24) is 15.0 Å². The summed E-state index contributed by atoms with van der Waals surface area (Å²) in [6, 6.07) is 13.1. The molecular weight excluding hydrogens is 386 g/mol. The van der Waals surface area contributed by atoms with E-state index < -0.39 is 0 Å². The summed E-state index contributed by atoms with van der Waals surface area (Å²) in [6.07, 6.45) is 0.347. The van der Waals surface area contributed by atoms with Crippen molar-refractivity contribution in [2.75, 3.05) is 27.9 Å². The van der Waals surface area contributed by atoms with Crippen molar-refractivity contribution in [2.24, 2.45) is 0 Å². The van der Waals surface area contributed by atoms with Crippen LogP contribution in [-0.4, -0.2) is 48.8 Å². The Hall–Kier alpha value is -3.55. The molecule has 1 unspecified atom stereocenters. The second-order valence-corrected chi connectivity index (χ2v) is 7.01. The van der Waals surface area contributed by atoms with Crippen LogP contribution in [0.1, 0.15) is 23.7 Å². The van der Waals surface area contributed by atoms with Gasteiger partial charge in [0, 0.05) is 36.6 Å². The maximum atomic E-state index is 12.6. The van der Waals surface area contributed by atoms with Gasteiger partial charge in [-0.2, -0.15) is 4.98 Å². The lowest BCUT2D eigenvalue weighted by atomic mass is 10.1. The number of para-hydroxylation sites is 1. The van der Waals surface area contributed by atoms with Crippen molar-refractivity contribution < 1.29 is 23.5 Å². The summed E-state index contributed by atoms with van der Waals surface area (Å²) in [7, 11) is 4.78. The van der Waals surface area contributed by atoms with Crippen LogP contribution in [0.4, 0.5) is 0 Å². The van der Waals surface area contributed by atoms with E-state index in [1.807, 2.05) is 30.3 Å². The number of aromatic nitrogens is 2. The van der Waals surface area contributed by atoms with Crippen LogP contribution in [0.5, 0.6) is 17.2 Å². The quantitative estimate of drug-likeness (QED) is 0.592. The van der Waals surface area contributed by atoms with Crippen molar-refractivity contribution in [3.63, 3.8) is 0 Å². The molecule has 1 aromatic heterocycles. The zero-order chi connectivity index (χ0) is 21.1. The lowest BCUT2D eigenvalue weighted by molar-refractivity contribution is -0.128. The van der Waals surface area contributed by atoms with E-state index in [1.165, 1.54) is 0 Å². The fourth-order valence-electron chi connectivity index (χ4n) is 3.62. The summed E-state index contributed by atoms with van der Waals surface area (Å²) in [5, 5.41) is 4.12. The first-order chi connectivity index (χ1) is 14.6. The molecule has 8 nitrogen and oxygen atoms in total. The first-order valence-corrected chi connectivity index (χ1v) is 9.58. The molecule has 4 rings (SSSR count). The summed E-state index contributed by atoms with van der Waals surface area (Å²) < 4.78 is 21.4. The molecule has 0 radical (unpaired) electrons. The molecule has 1 amide bonds. The normalized spacial score (nSPS) is 16.0. The number of carbonyl (C=O) groups excluding carboxylic acids is 1. The van der Waals surface area contributed by atoms with Gasteiger partial charge < -0.3 is 23.6 Å². The molecule has 156 valence electrons. The molecule has 0 bridgehead atoms. The second-order valence-electron chi connectivity index (χ2n) is 7.01. The Balaban J connectivity index is 1.50. The lowest BCUT2D eigenvalue weighted by Gasteiger charge is -2.17.